The largest absolute Gasteiger partial charge is 0.387 e. The Morgan fingerprint density at radius 1 is 1.21 bits per heavy atom. The van der Waals surface area contributed by atoms with Crippen LogP contribution in [0, 0.1) is 11.8 Å². The number of carbonyl (C=O) groups excluding carboxylic acids is 2. The Bertz CT molecular complexity index is 1400. The van der Waals surface area contributed by atoms with Crippen molar-refractivity contribution >= 4 is 28.8 Å². The van der Waals surface area contributed by atoms with Crippen LogP contribution in [0.25, 0.3) is 11.2 Å². The number of likely N-dealkylation sites (N-methyl/N-ethyl adjacent to an activating group) is 1. The predicted octanol–water partition coefficient (Wildman–Crippen LogP) is -0.251. The third-order valence-corrected chi connectivity index (χ3v) is 6.53. The minimum atomic E-state index is -1.44. The molecule has 3 heterocycles. The summed E-state index contributed by atoms with van der Waals surface area (Å²) in [5, 5.41) is 23.5. The van der Waals surface area contributed by atoms with E-state index in [0.29, 0.717) is 13.0 Å². The molecule has 38 heavy (non-hydrogen) atoms. The summed E-state index contributed by atoms with van der Waals surface area (Å²) in [4.78, 5) is 39.8. The van der Waals surface area contributed by atoms with Gasteiger partial charge in [0.05, 0.1) is 19.3 Å². The van der Waals surface area contributed by atoms with Gasteiger partial charge in [-0.3, -0.25) is 14.2 Å². The van der Waals surface area contributed by atoms with E-state index in [1.165, 1.54) is 10.9 Å². The SMILES string of the molecule is CCNC(=O)[C@H]1O[C@@H](n2cnc3c(N)nc(C#CCN(C(=O)Cc4ccccc4)C4CC4)nc32)C(O)[C@@H]1O. The first-order chi connectivity index (χ1) is 18.4. The van der Waals surface area contributed by atoms with Gasteiger partial charge < -0.3 is 30.9 Å². The van der Waals surface area contributed by atoms with E-state index in [0.717, 1.165) is 18.4 Å². The Morgan fingerprint density at radius 3 is 2.68 bits per heavy atom. The van der Waals surface area contributed by atoms with Gasteiger partial charge in [-0.1, -0.05) is 36.3 Å². The molecule has 1 aliphatic heterocycles. The van der Waals surface area contributed by atoms with Gasteiger partial charge in [-0.05, 0) is 31.2 Å². The number of benzene rings is 1. The predicted molar refractivity (Wildman–Crippen MR) is 136 cm³/mol. The Kier molecular flexibility index (Phi) is 7.24. The molecule has 0 spiro atoms. The molecule has 3 aromatic rings. The number of rotatable bonds is 7. The lowest BCUT2D eigenvalue weighted by molar-refractivity contribution is -0.137. The Balaban J connectivity index is 1.35. The Hall–Kier alpha value is -4.05. The molecule has 1 aromatic carbocycles. The number of aliphatic hydroxyl groups is 2. The van der Waals surface area contributed by atoms with Crippen molar-refractivity contribution in [2.45, 2.75) is 56.8 Å². The second kappa shape index (κ2) is 10.7. The Morgan fingerprint density at radius 2 is 1.97 bits per heavy atom. The first kappa shape index (κ1) is 25.6. The highest BCUT2D eigenvalue weighted by molar-refractivity contribution is 5.83. The van der Waals surface area contributed by atoms with Crippen LogP contribution in [0.5, 0.6) is 0 Å². The van der Waals surface area contributed by atoms with Gasteiger partial charge in [0.25, 0.3) is 5.91 Å². The molecule has 2 fully saturated rings. The number of hydrogen-bond acceptors (Lipinski definition) is 9. The van der Waals surface area contributed by atoms with Crippen molar-refractivity contribution in [3.63, 3.8) is 0 Å². The van der Waals surface area contributed by atoms with Gasteiger partial charge in [-0.15, -0.1) is 0 Å². The van der Waals surface area contributed by atoms with Crippen molar-refractivity contribution in [3.8, 4) is 11.8 Å². The second-order valence-corrected chi connectivity index (χ2v) is 9.30. The maximum atomic E-state index is 12.9. The van der Waals surface area contributed by atoms with Gasteiger partial charge in [0, 0.05) is 12.6 Å². The van der Waals surface area contributed by atoms with Gasteiger partial charge in [0.1, 0.15) is 17.7 Å². The van der Waals surface area contributed by atoms with Crippen LogP contribution in [0.15, 0.2) is 36.7 Å². The number of carbonyl (C=O) groups is 2. The third-order valence-electron chi connectivity index (χ3n) is 6.53. The van der Waals surface area contributed by atoms with Crippen LogP contribution in [-0.2, 0) is 20.7 Å². The van der Waals surface area contributed by atoms with Crippen molar-refractivity contribution in [2.75, 3.05) is 18.8 Å². The number of aromatic nitrogens is 4. The molecule has 1 aliphatic carbocycles. The number of nitrogen functional groups attached to an aromatic ring is 1. The standard InChI is InChI=1S/C26H29N7O5/c1-2-28-25(37)22-20(35)21(36)26(38-22)33-14-29-19-23(27)30-17(31-24(19)33)9-6-12-32(16-10-11-16)18(34)13-15-7-4-3-5-8-15/h3-5,7-8,14,16,20-22,26,35-36H,2,10-13H2,1H3,(H,28,37)(H2,27,30,31)/t20-,21?,22-,26+/m0/s1. The fourth-order valence-electron chi connectivity index (χ4n) is 4.44. The highest BCUT2D eigenvalue weighted by Gasteiger charge is 2.47. The summed E-state index contributed by atoms with van der Waals surface area (Å²) < 4.78 is 7.08. The Labute approximate surface area is 218 Å². The van der Waals surface area contributed by atoms with E-state index in [4.69, 9.17) is 10.5 Å². The molecule has 0 bridgehead atoms. The number of aliphatic hydroxyl groups excluding tert-OH is 2. The molecule has 12 nitrogen and oxygen atoms in total. The van der Waals surface area contributed by atoms with Gasteiger partial charge in [0.2, 0.25) is 11.7 Å². The second-order valence-electron chi connectivity index (χ2n) is 9.30. The summed E-state index contributed by atoms with van der Waals surface area (Å²) in [6.07, 6.45) is -1.68. The van der Waals surface area contributed by atoms with E-state index >= 15 is 0 Å². The summed E-state index contributed by atoms with van der Waals surface area (Å²) in [5.74, 6) is 5.52. The third kappa shape index (κ3) is 5.17. The molecule has 0 radical (unpaired) electrons. The normalized spacial score (nSPS) is 22.6. The summed E-state index contributed by atoms with van der Waals surface area (Å²) in [7, 11) is 0. The van der Waals surface area contributed by atoms with Crippen LogP contribution >= 0.6 is 0 Å². The van der Waals surface area contributed by atoms with Gasteiger partial charge in [0.15, 0.2) is 23.8 Å². The summed E-state index contributed by atoms with van der Waals surface area (Å²) >= 11 is 0. The molecule has 5 rings (SSSR count). The van der Waals surface area contributed by atoms with Crippen LogP contribution in [0.3, 0.4) is 0 Å². The number of ether oxygens (including phenoxy) is 1. The average molecular weight is 520 g/mol. The topological polar surface area (TPSA) is 169 Å². The molecule has 1 unspecified atom stereocenters. The number of fused-ring (bicyclic) bond motifs is 1. The lowest BCUT2D eigenvalue weighted by Crippen LogP contribution is -2.42. The van der Waals surface area contributed by atoms with Crippen LogP contribution in [0.2, 0.25) is 0 Å². The number of imidazole rings is 1. The maximum absolute atomic E-state index is 12.9. The molecule has 5 N–H and O–H groups in total. The minimum absolute atomic E-state index is 0.00884. The lowest BCUT2D eigenvalue weighted by Gasteiger charge is -2.19. The summed E-state index contributed by atoms with van der Waals surface area (Å²) in [6, 6.07) is 9.75. The zero-order valence-electron chi connectivity index (χ0n) is 20.8. The number of nitrogens with two attached hydrogens (primary N) is 1. The first-order valence-electron chi connectivity index (χ1n) is 12.5. The van der Waals surface area contributed by atoms with E-state index in [1.807, 2.05) is 30.3 Å². The van der Waals surface area contributed by atoms with Crippen molar-refractivity contribution in [2.24, 2.45) is 0 Å². The molecular formula is C26H29N7O5. The fraction of sp³-hybridized carbons (Fsp3) is 0.423. The lowest BCUT2D eigenvalue weighted by atomic mass is 10.1. The van der Waals surface area contributed by atoms with Gasteiger partial charge in [-0.2, -0.15) is 0 Å². The van der Waals surface area contributed by atoms with E-state index in [-0.39, 0.29) is 41.3 Å². The number of anilines is 1. The number of hydrogen-bond donors (Lipinski definition) is 4. The monoisotopic (exact) mass is 519 g/mol. The van der Waals surface area contributed by atoms with Crippen LogP contribution < -0.4 is 11.1 Å². The smallest absolute Gasteiger partial charge is 0.252 e. The molecule has 12 heteroatoms. The average Bonchev–Trinajstić information content (AvgIpc) is 3.58. The molecule has 2 aliphatic rings. The first-order valence-corrected chi connectivity index (χ1v) is 12.5. The molecule has 1 saturated heterocycles. The van der Waals surface area contributed by atoms with Crippen LogP contribution in [0.4, 0.5) is 5.82 Å². The van der Waals surface area contributed by atoms with Crippen LogP contribution in [0.1, 0.15) is 37.4 Å². The zero-order valence-corrected chi connectivity index (χ0v) is 20.8. The maximum Gasteiger partial charge on any atom is 0.252 e. The number of nitrogens with one attached hydrogen (secondary N) is 1. The highest BCUT2D eigenvalue weighted by Crippen LogP contribution is 2.32. The molecule has 1 saturated carbocycles. The summed E-state index contributed by atoms with van der Waals surface area (Å²) in [6.45, 7) is 2.31. The molecular weight excluding hydrogens is 490 g/mol. The zero-order chi connectivity index (χ0) is 26.8. The van der Waals surface area contributed by atoms with Gasteiger partial charge >= 0.3 is 0 Å². The van der Waals surface area contributed by atoms with Crippen molar-refractivity contribution in [1.29, 1.82) is 0 Å². The fourth-order valence-corrected chi connectivity index (χ4v) is 4.44. The van der Waals surface area contributed by atoms with E-state index < -0.39 is 30.4 Å². The summed E-state index contributed by atoms with van der Waals surface area (Å²) in [5.41, 5.74) is 7.53. The van der Waals surface area contributed by atoms with Crippen molar-refractivity contribution < 1.29 is 24.5 Å². The number of amides is 2. The molecule has 4 atom stereocenters. The quantitative estimate of drug-likeness (QED) is 0.308. The highest BCUT2D eigenvalue weighted by atomic mass is 16.6. The van der Waals surface area contributed by atoms with Gasteiger partial charge in [-0.25, -0.2) is 15.0 Å². The van der Waals surface area contributed by atoms with Crippen molar-refractivity contribution in [3.05, 3.63) is 48.0 Å². The molecule has 2 amide bonds. The molecule has 2 aromatic heterocycles. The van der Waals surface area contributed by atoms with Crippen LogP contribution in [-0.4, -0.2) is 83.9 Å². The van der Waals surface area contributed by atoms with E-state index in [2.05, 4.69) is 32.1 Å². The van der Waals surface area contributed by atoms with Crippen molar-refractivity contribution in [1.82, 2.24) is 29.7 Å². The van der Waals surface area contributed by atoms with E-state index in [1.54, 1.807) is 11.8 Å². The number of nitrogens with zero attached hydrogens (tertiary/aromatic N) is 5. The minimum Gasteiger partial charge on any atom is -0.387 e. The van der Waals surface area contributed by atoms with E-state index in [9.17, 15) is 19.8 Å². The molecule has 198 valence electrons.